The Morgan fingerprint density at radius 2 is 2.00 bits per heavy atom. The first-order chi connectivity index (χ1) is 6.29. The van der Waals surface area contributed by atoms with Crippen LogP contribution in [0.5, 0.6) is 0 Å². The van der Waals surface area contributed by atoms with Gasteiger partial charge in [0.2, 0.25) is 0 Å². The largest absolute Gasteiger partial charge is 0.372 e. The second-order valence-electron chi connectivity index (χ2n) is 2.87. The van der Waals surface area contributed by atoms with Crippen LogP contribution in [0.25, 0.3) is 0 Å². The van der Waals surface area contributed by atoms with Gasteiger partial charge in [-0.15, -0.1) is 0 Å². The average molecular weight is 200 g/mol. The van der Waals surface area contributed by atoms with Crippen LogP contribution in [0.4, 0.5) is 0 Å². The number of fused-ring (bicyclic) bond motifs is 1. The van der Waals surface area contributed by atoms with Crippen LogP contribution in [0.3, 0.4) is 0 Å². The van der Waals surface area contributed by atoms with E-state index in [-0.39, 0.29) is 0 Å². The predicted molar refractivity (Wildman–Crippen MR) is 54.9 cm³/mol. The van der Waals surface area contributed by atoms with Crippen molar-refractivity contribution < 1.29 is 4.74 Å². The molecule has 0 fully saturated rings. The van der Waals surface area contributed by atoms with Crippen molar-refractivity contribution in [2.75, 3.05) is 14.1 Å². The van der Waals surface area contributed by atoms with Crippen molar-refractivity contribution in [3.05, 3.63) is 34.3 Å². The number of benzene rings is 1. The van der Waals surface area contributed by atoms with Crippen LogP contribution >= 0.6 is 11.6 Å². The average Bonchev–Trinajstić information content (AvgIpc) is 2.54. The molecular weight excluding hydrogens is 186 g/mol. The Kier molecular flexibility index (Phi) is 4.22. The zero-order valence-corrected chi connectivity index (χ0v) is 8.69. The summed E-state index contributed by atoms with van der Waals surface area (Å²) in [5.74, 6) is 0. The second-order valence-corrected chi connectivity index (χ2v) is 3.28. The maximum atomic E-state index is 5.89. The molecule has 2 rings (SSSR count). The summed E-state index contributed by atoms with van der Waals surface area (Å²) in [5.41, 5.74) is 2.39. The number of nitrogens with one attached hydrogen (secondary N) is 1. The highest BCUT2D eigenvalue weighted by Crippen LogP contribution is 2.26. The highest BCUT2D eigenvalue weighted by molar-refractivity contribution is 6.31. The SMILES string of the molecule is CNC.Clc1cccc2c1COC2. The van der Waals surface area contributed by atoms with Crippen molar-refractivity contribution in [2.24, 2.45) is 0 Å². The monoisotopic (exact) mass is 199 g/mol. The fourth-order valence-corrected chi connectivity index (χ4v) is 1.41. The van der Waals surface area contributed by atoms with Gasteiger partial charge in [0.05, 0.1) is 13.2 Å². The van der Waals surface area contributed by atoms with E-state index in [0.29, 0.717) is 6.61 Å². The third kappa shape index (κ3) is 2.69. The normalized spacial score (nSPS) is 13.2. The number of rotatable bonds is 0. The molecule has 1 aromatic carbocycles. The Bertz CT molecular complexity index is 276. The van der Waals surface area contributed by atoms with E-state index in [4.69, 9.17) is 16.3 Å². The van der Waals surface area contributed by atoms with Gasteiger partial charge < -0.3 is 10.1 Å². The van der Waals surface area contributed by atoms with Gasteiger partial charge in [-0.05, 0) is 25.7 Å². The lowest BCUT2D eigenvalue weighted by atomic mass is 10.1. The van der Waals surface area contributed by atoms with Gasteiger partial charge in [0, 0.05) is 10.6 Å². The number of hydrogen-bond donors (Lipinski definition) is 1. The summed E-state index contributed by atoms with van der Waals surface area (Å²) in [6.07, 6.45) is 0. The third-order valence-corrected chi connectivity index (χ3v) is 2.07. The highest BCUT2D eigenvalue weighted by Gasteiger charge is 2.12. The molecule has 0 unspecified atom stereocenters. The molecule has 13 heavy (non-hydrogen) atoms. The first-order valence-corrected chi connectivity index (χ1v) is 4.60. The van der Waals surface area contributed by atoms with Crippen LogP contribution in [0, 0.1) is 0 Å². The molecule has 0 spiro atoms. The van der Waals surface area contributed by atoms with E-state index in [1.165, 1.54) is 5.56 Å². The van der Waals surface area contributed by atoms with E-state index in [1.807, 2.05) is 32.3 Å². The molecule has 0 aromatic heterocycles. The van der Waals surface area contributed by atoms with Gasteiger partial charge in [0.15, 0.2) is 0 Å². The van der Waals surface area contributed by atoms with Gasteiger partial charge in [-0.1, -0.05) is 23.7 Å². The second kappa shape index (κ2) is 5.22. The first-order valence-electron chi connectivity index (χ1n) is 4.22. The van der Waals surface area contributed by atoms with E-state index in [2.05, 4.69) is 5.32 Å². The van der Waals surface area contributed by atoms with Crippen molar-refractivity contribution in [3.63, 3.8) is 0 Å². The van der Waals surface area contributed by atoms with Crippen molar-refractivity contribution in [3.8, 4) is 0 Å². The number of halogens is 1. The zero-order chi connectivity index (χ0) is 9.68. The van der Waals surface area contributed by atoms with Crippen LogP contribution in [-0.2, 0) is 18.0 Å². The number of ether oxygens (including phenoxy) is 1. The topological polar surface area (TPSA) is 21.3 Å². The Morgan fingerprint density at radius 3 is 2.62 bits per heavy atom. The molecule has 0 aliphatic carbocycles. The lowest BCUT2D eigenvalue weighted by Gasteiger charge is -1.96. The minimum atomic E-state index is 0.676. The van der Waals surface area contributed by atoms with Gasteiger partial charge in [-0.3, -0.25) is 0 Å². The van der Waals surface area contributed by atoms with Crippen molar-refractivity contribution in [1.29, 1.82) is 0 Å². The minimum Gasteiger partial charge on any atom is -0.372 e. The fourth-order valence-electron chi connectivity index (χ4n) is 1.16. The Morgan fingerprint density at radius 1 is 1.31 bits per heavy atom. The maximum Gasteiger partial charge on any atom is 0.0739 e. The molecule has 0 saturated carbocycles. The smallest absolute Gasteiger partial charge is 0.0739 e. The zero-order valence-electron chi connectivity index (χ0n) is 7.93. The fraction of sp³-hybridized carbons (Fsp3) is 0.400. The van der Waals surface area contributed by atoms with Gasteiger partial charge in [0.25, 0.3) is 0 Å². The van der Waals surface area contributed by atoms with Crippen LogP contribution in [0.15, 0.2) is 18.2 Å². The molecule has 0 radical (unpaired) electrons. The quantitative estimate of drug-likeness (QED) is 0.692. The van der Waals surface area contributed by atoms with Crippen LogP contribution < -0.4 is 5.32 Å². The molecule has 0 atom stereocenters. The molecule has 0 amide bonds. The van der Waals surface area contributed by atoms with Gasteiger partial charge >= 0.3 is 0 Å². The molecule has 0 bridgehead atoms. The van der Waals surface area contributed by atoms with Gasteiger partial charge in [-0.2, -0.15) is 0 Å². The van der Waals surface area contributed by atoms with Gasteiger partial charge in [0.1, 0.15) is 0 Å². The molecule has 1 aliphatic rings. The Labute approximate surface area is 83.9 Å². The standard InChI is InChI=1S/C8H7ClO.C2H7N/c9-8-3-1-2-6-4-10-5-7(6)8;1-3-2/h1-3H,4-5H2;3H,1-2H3. The molecular formula is C10H14ClNO. The third-order valence-electron chi connectivity index (χ3n) is 1.72. The van der Waals surface area contributed by atoms with Crippen LogP contribution in [-0.4, -0.2) is 14.1 Å². The summed E-state index contributed by atoms with van der Waals surface area (Å²) in [6.45, 7) is 1.39. The summed E-state index contributed by atoms with van der Waals surface area (Å²) in [4.78, 5) is 0. The molecule has 1 N–H and O–H groups in total. The van der Waals surface area contributed by atoms with E-state index in [1.54, 1.807) is 0 Å². The summed E-state index contributed by atoms with van der Waals surface area (Å²) >= 11 is 5.89. The highest BCUT2D eigenvalue weighted by atomic mass is 35.5. The summed E-state index contributed by atoms with van der Waals surface area (Å²) < 4.78 is 5.21. The lowest BCUT2D eigenvalue weighted by molar-refractivity contribution is 0.134. The van der Waals surface area contributed by atoms with E-state index in [0.717, 1.165) is 17.2 Å². The molecule has 2 nitrogen and oxygen atoms in total. The molecule has 1 aliphatic heterocycles. The first kappa shape index (κ1) is 10.5. The molecule has 1 aromatic rings. The van der Waals surface area contributed by atoms with Crippen molar-refractivity contribution in [2.45, 2.75) is 13.2 Å². The molecule has 1 heterocycles. The van der Waals surface area contributed by atoms with E-state index >= 15 is 0 Å². The predicted octanol–water partition coefficient (Wildman–Crippen LogP) is 2.21. The molecule has 3 heteroatoms. The number of hydrogen-bond acceptors (Lipinski definition) is 2. The van der Waals surface area contributed by atoms with E-state index < -0.39 is 0 Å². The van der Waals surface area contributed by atoms with Crippen molar-refractivity contribution >= 4 is 11.6 Å². The minimum absolute atomic E-state index is 0.676. The van der Waals surface area contributed by atoms with E-state index in [9.17, 15) is 0 Å². The van der Waals surface area contributed by atoms with Crippen LogP contribution in [0.1, 0.15) is 11.1 Å². The summed E-state index contributed by atoms with van der Waals surface area (Å²) in [7, 11) is 3.75. The van der Waals surface area contributed by atoms with Crippen molar-refractivity contribution in [1.82, 2.24) is 5.32 Å². The Hall–Kier alpha value is -0.570. The van der Waals surface area contributed by atoms with Gasteiger partial charge in [-0.25, -0.2) is 0 Å². The molecule has 0 saturated heterocycles. The Balaban J connectivity index is 0.000000251. The summed E-state index contributed by atoms with van der Waals surface area (Å²) in [5, 5.41) is 3.58. The maximum absolute atomic E-state index is 5.89. The lowest BCUT2D eigenvalue weighted by Crippen LogP contribution is -1.89. The summed E-state index contributed by atoms with van der Waals surface area (Å²) in [6, 6.07) is 5.90. The molecule has 72 valence electrons. The van der Waals surface area contributed by atoms with Crippen LogP contribution in [0.2, 0.25) is 5.02 Å².